The smallest absolute Gasteiger partial charge is 0.494 e. The van der Waals surface area contributed by atoms with Crippen molar-refractivity contribution < 1.29 is 34.1 Å². The van der Waals surface area contributed by atoms with Crippen LogP contribution < -0.4 is 4.74 Å². The Kier molecular flexibility index (Phi) is 9.92. The molecule has 0 aromatic heterocycles. The largest absolute Gasteiger partial charge is 0.528 e. The highest BCUT2D eigenvalue weighted by Crippen LogP contribution is 2.34. The Labute approximate surface area is 207 Å². The van der Waals surface area contributed by atoms with Crippen LogP contribution in [0.1, 0.15) is 44.2 Å². The van der Waals surface area contributed by atoms with E-state index >= 15 is 0 Å². The third kappa shape index (κ3) is 8.81. The van der Waals surface area contributed by atoms with Gasteiger partial charge < -0.3 is 29.3 Å². The lowest BCUT2D eigenvalue weighted by Gasteiger charge is -2.40. The van der Waals surface area contributed by atoms with Crippen molar-refractivity contribution in [3.05, 3.63) is 65.7 Å². The number of rotatable bonds is 10. The van der Waals surface area contributed by atoms with Gasteiger partial charge in [-0.2, -0.15) is 0 Å². The fourth-order valence-corrected chi connectivity index (χ4v) is 4.10. The molecule has 0 spiro atoms. The van der Waals surface area contributed by atoms with E-state index in [1.165, 1.54) is 5.06 Å². The second-order valence-electron chi connectivity index (χ2n) is 9.75. The molecular weight excluding hydrogens is 450 g/mol. The zero-order valence-corrected chi connectivity index (χ0v) is 20.8. The molecule has 0 saturated carbocycles. The van der Waals surface area contributed by atoms with E-state index in [1.807, 2.05) is 54.6 Å². The number of ether oxygens (including phenoxy) is 3. The second-order valence-corrected chi connectivity index (χ2v) is 9.75. The monoisotopic (exact) mass is 487 g/mol. The van der Waals surface area contributed by atoms with Gasteiger partial charge in [-0.1, -0.05) is 42.5 Å². The van der Waals surface area contributed by atoms with Gasteiger partial charge in [0.25, 0.3) is 0 Å². The van der Waals surface area contributed by atoms with Crippen molar-refractivity contribution in [3.8, 4) is 5.75 Å². The average Bonchev–Trinajstić information content (AvgIpc) is 2.81. The quantitative estimate of drug-likeness (QED) is 0.385. The topological polar surface area (TPSA) is 97.7 Å². The predicted molar refractivity (Wildman–Crippen MR) is 131 cm³/mol. The molecule has 2 N–H and O–H groups in total. The van der Waals surface area contributed by atoms with Crippen molar-refractivity contribution in [1.29, 1.82) is 0 Å². The van der Waals surface area contributed by atoms with Crippen LogP contribution >= 0.6 is 0 Å². The number of aliphatic hydroxyl groups is 2. The normalized spacial score (nSPS) is 20.9. The highest BCUT2D eigenvalue weighted by molar-refractivity contribution is 5.60. The standard InChI is InChI=1S/C27H37NO7/c1-27(2,3)34-26(31)35-28-16-22(18-29)25(24(30)17-28)21-10-12-23(13-11-21)33-15-7-14-32-19-20-8-5-4-6-9-20/h4-6,8-13,22,24-25,29-30H,7,14-19H2,1-3H3. The summed E-state index contributed by atoms with van der Waals surface area (Å²) in [5.41, 5.74) is 1.37. The zero-order chi connectivity index (χ0) is 25.3. The van der Waals surface area contributed by atoms with E-state index in [2.05, 4.69) is 0 Å². The number of piperidine rings is 1. The van der Waals surface area contributed by atoms with Crippen molar-refractivity contribution in [1.82, 2.24) is 5.06 Å². The summed E-state index contributed by atoms with van der Waals surface area (Å²) in [6.07, 6.45) is -0.876. The first-order valence-corrected chi connectivity index (χ1v) is 12.0. The first-order valence-electron chi connectivity index (χ1n) is 12.0. The van der Waals surface area contributed by atoms with Gasteiger partial charge in [0.2, 0.25) is 0 Å². The summed E-state index contributed by atoms with van der Waals surface area (Å²) in [7, 11) is 0. The Bertz CT molecular complexity index is 898. The van der Waals surface area contributed by atoms with Crippen LogP contribution in [0.25, 0.3) is 0 Å². The number of nitrogens with zero attached hydrogens (tertiary/aromatic N) is 1. The van der Waals surface area contributed by atoms with Gasteiger partial charge in [0.1, 0.15) is 11.4 Å². The highest BCUT2D eigenvalue weighted by atomic mass is 16.8. The lowest BCUT2D eigenvalue weighted by molar-refractivity contribution is -0.185. The summed E-state index contributed by atoms with van der Waals surface area (Å²) in [6, 6.07) is 17.6. The van der Waals surface area contributed by atoms with Crippen LogP contribution in [0.2, 0.25) is 0 Å². The molecule has 0 bridgehead atoms. The minimum Gasteiger partial charge on any atom is -0.494 e. The van der Waals surface area contributed by atoms with Crippen LogP contribution in [-0.2, 0) is 20.9 Å². The average molecular weight is 488 g/mol. The molecule has 3 rings (SSSR count). The van der Waals surface area contributed by atoms with Gasteiger partial charge in [0, 0.05) is 31.4 Å². The number of hydrogen-bond acceptors (Lipinski definition) is 8. The molecule has 3 unspecified atom stereocenters. The molecule has 1 fully saturated rings. The number of aliphatic hydroxyl groups excluding tert-OH is 2. The lowest BCUT2D eigenvalue weighted by atomic mass is 9.79. The molecular formula is C27H37NO7. The van der Waals surface area contributed by atoms with Crippen molar-refractivity contribution in [2.75, 3.05) is 32.9 Å². The molecule has 35 heavy (non-hydrogen) atoms. The molecule has 1 saturated heterocycles. The Morgan fingerprint density at radius 3 is 2.40 bits per heavy atom. The van der Waals surface area contributed by atoms with Crippen LogP contribution in [0, 0.1) is 5.92 Å². The lowest BCUT2D eigenvalue weighted by Crippen LogP contribution is -2.50. The molecule has 1 aliphatic rings. The summed E-state index contributed by atoms with van der Waals surface area (Å²) in [6.45, 7) is 7.25. The van der Waals surface area contributed by atoms with E-state index in [4.69, 9.17) is 19.0 Å². The van der Waals surface area contributed by atoms with Crippen LogP contribution in [0.5, 0.6) is 5.75 Å². The molecule has 2 aromatic rings. The number of hydroxylamine groups is 2. The molecule has 0 amide bonds. The van der Waals surface area contributed by atoms with Crippen molar-refractivity contribution in [2.24, 2.45) is 5.92 Å². The van der Waals surface area contributed by atoms with E-state index in [0.29, 0.717) is 26.4 Å². The van der Waals surface area contributed by atoms with Gasteiger partial charge in [-0.15, -0.1) is 5.06 Å². The summed E-state index contributed by atoms with van der Waals surface area (Å²) < 4.78 is 16.7. The van der Waals surface area contributed by atoms with Gasteiger partial charge in [0.15, 0.2) is 0 Å². The fourth-order valence-electron chi connectivity index (χ4n) is 4.10. The molecule has 0 radical (unpaired) electrons. The van der Waals surface area contributed by atoms with Gasteiger partial charge in [0.05, 0.1) is 32.5 Å². The van der Waals surface area contributed by atoms with E-state index in [9.17, 15) is 15.0 Å². The minimum atomic E-state index is -0.827. The molecule has 8 heteroatoms. The Hall–Kier alpha value is -2.65. The van der Waals surface area contributed by atoms with Crippen molar-refractivity contribution in [3.63, 3.8) is 0 Å². The predicted octanol–water partition coefficient (Wildman–Crippen LogP) is 3.91. The summed E-state index contributed by atoms with van der Waals surface area (Å²) in [5.74, 6) is 0.131. The second kappa shape index (κ2) is 12.9. The molecule has 1 aliphatic heterocycles. The number of carbonyl (C=O) groups is 1. The number of benzene rings is 2. The summed E-state index contributed by atoms with van der Waals surface area (Å²) in [4.78, 5) is 17.2. The number of hydrogen-bond donors (Lipinski definition) is 2. The van der Waals surface area contributed by atoms with E-state index in [1.54, 1.807) is 20.8 Å². The highest BCUT2D eigenvalue weighted by Gasteiger charge is 2.38. The summed E-state index contributed by atoms with van der Waals surface area (Å²) >= 11 is 0. The van der Waals surface area contributed by atoms with Gasteiger partial charge in [-0.25, -0.2) is 4.79 Å². The maximum absolute atomic E-state index is 12.0. The maximum Gasteiger partial charge on any atom is 0.528 e. The van der Waals surface area contributed by atoms with Crippen molar-refractivity contribution in [2.45, 2.75) is 51.4 Å². The summed E-state index contributed by atoms with van der Waals surface area (Å²) in [5, 5.41) is 22.1. The van der Waals surface area contributed by atoms with Crippen LogP contribution in [0.3, 0.4) is 0 Å². The molecule has 0 aliphatic carbocycles. The zero-order valence-electron chi connectivity index (χ0n) is 20.8. The molecule has 3 atom stereocenters. The first kappa shape index (κ1) is 26.9. The van der Waals surface area contributed by atoms with E-state index < -0.39 is 17.9 Å². The van der Waals surface area contributed by atoms with Gasteiger partial charge >= 0.3 is 6.16 Å². The van der Waals surface area contributed by atoms with Crippen molar-refractivity contribution >= 4 is 6.16 Å². The minimum absolute atomic E-state index is 0.127. The van der Waals surface area contributed by atoms with E-state index in [-0.39, 0.29) is 25.0 Å². The Balaban J connectivity index is 1.44. The van der Waals surface area contributed by atoms with Crippen LogP contribution in [0.4, 0.5) is 4.79 Å². The maximum atomic E-state index is 12.0. The molecule has 1 heterocycles. The number of β-amino-alcohol motifs (C(OH)–C–C–N with tert-alkyl or cyclic N) is 1. The first-order chi connectivity index (χ1) is 16.7. The third-order valence-electron chi connectivity index (χ3n) is 5.66. The van der Waals surface area contributed by atoms with Crippen LogP contribution in [-0.4, -0.2) is 66.0 Å². The third-order valence-corrected chi connectivity index (χ3v) is 5.66. The Morgan fingerprint density at radius 2 is 1.74 bits per heavy atom. The van der Waals surface area contributed by atoms with E-state index in [0.717, 1.165) is 23.3 Å². The van der Waals surface area contributed by atoms with Crippen LogP contribution in [0.15, 0.2) is 54.6 Å². The van der Waals surface area contributed by atoms with Gasteiger partial charge in [-0.3, -0.25) is 0 Å². The SMILES string of the molecule is CC(C)(C)OC(=O)ON1CC(O)C(c2ccc(OCCCOCc3ccccc3)cc2)C(CO)C1. The molecule has 8 nitrogen and oxygen atoms in total. The molecule has 192 valence electrons. The number of carbonyl (C=O) groups excluding carboxylic acids is 1. The Morgan fingerprint density at radius 1 is 1.03 bits per heavy atom. The molecule has 2 aromatic carbocycles. The fraction of sp³-hybridized carbons (Fsp3) is 0.519. The van der Waals surface area contributed by atoms with Gasteiger partial charge in [-0.05, 0) is 44.0 Å².